The third-order valence-corrected chi connectivity index (χ3v) is 3.23. The Balaban J connectivity index is 2.05. The molecule has 0 saturated carbocycles. The van der Waals surface area contributed by atoms with Gasteiger partial charge in [0.25, 0.3) is 5.89 Å². The van der Waals surface area contributed by atoms with Gasteiger partial charge in [-0.15, -0.1) is 0 Å². The average molecular weight is 298 g/mol. The molecule has 3 rings (SSSR count). The van der Waals surface area contributed by atoms with Crippen molar-refractivity contribution in [1.29, 1.82) is 0 Å². The van der Waals surface area contributed by atoms with Crippen molar-refractivity contribution in [2.24, 2.45) is 0 Å². The summed E-state index contributed by atoms with van der Waals surface area (Å²) >= 11 is 0. The number of hydrogen-bond acceptors (Lipinski definition) is 4. The zero-order valence-corrected chi connectivity index (χ0v) is 11.6. The number of benzene rings is 2. The minimum absolute atomic E-state index is 0.0614. The highest BCUT2D eigenvalue weighted by atomic mass is 19.1. The lowest BCUT2D eigenvalue weighted by Crippen LogP contribution is -1.96. The van der Waals surface area contributed by atoms with Gasteiger partial charge in [-0.05, 0) is 30.7 Å². The number of rotatable bonds is 3. The molecule has 5 nitrogen and oxygen atoms in total. The summed E-state index contributed by atoms with van der Waals surface area (Å²) in [6, 6.07) is 10.8. The van der Waals surface area contributed by atoms with E-state index in [2.05, 4.69) is 10.1 Å². The molecule has 0 saturated heterocycles. The van der Waals surface area contributed by atoms with Crippen molar-refractivity contribution in [2.45, 2.75) is 6.92 Å². The van der Waals surface area contributed by atoms with E-state index in [9.17, 15) is 9.18 Å². The van der Waals surface area contributed by atoms with Gasteiger partial charge in [-0.3, -0.25) is 0 Å². The van der Waals surface area contributed by atoms with Crippen LogP contribution in [0.3, 0.4) is 0 Å². The maximum Gasteiger partial charge on any atom is 0.335 e. The second kappa shape index (κ2) is 5.40. The number of carboxylic acid groups (broad SMARTS) is 1. The van der Waals surface area contributed by atoms with Crippen molar-refractivity contribution in [1.82, 2.24) is 10.1 Å². The number of aromatic carboxylic acids is 1. The Hall–Kier alpha value is -3.02. The van der Waals surface area contributed by atoms with E-state index >= 15 is 0 Å². The molecular formula is C16H11FN2O3. The molecule has 0 aliphatic heterocycles. The Kier molecular flexibility index (Phi) is 3.42. The van der Waals surface area contributed by atoms with Crippen LogP contribution in [0.4, 0.5) is 4.39 Å². The lowest BCUT2D eigenvalue weighted by Gasteiger charge is -2.00. The molecule has 1 heterocycles. The monoisotopic (exact) mass is 298 g/mol. The molecular weight excluding hydrogens is 287 g/mol. The van der Waals surface area contributed by atoms with Gasteiger partial charge in [0.15, 0.2) is 0 Å². The van der Waals surface area contributed by atoms with Crippen LogP contribution in [0.15, 0.2) is 47.0 Å². The molecule has 3 aromatic rings. The zero-order valence-electron chi connectivity index (χ0n) is 11.6. The molecule has 0 amide bonds. The predicted molar refractivity (Wildman–Crippen MR) is 76.8 cm³/mol. The minimum Gasteiger partial charge on any atom is -0.478 e. The van der Waals surface area contributed by atoms with Crippen LogP contribution in [0.1, 0.15) is 15.9 Å². The number of hydrogen-bond donors (Lipinski definition) is 1. The standard InChI is InChI=1S/C16H11FN2O3/c1-9-4-2-7-12(17)13(9)15-18-14(19-22-15)10-5-3-6-11(8-10)16(20)21/h2-8H,1H3,(H,20,21). The number of carbonyl (C=O) groups is 1. The van der Waals surface area contributed by atoms with Crippen molar-refractivity contribution >= 4 is 5.97 Å². The van der Waals surface area contributed by atoms with Gasteiger partial charge >= 0.3 is 5.97 Å². The van der Waals surface area contributed by atoms with E-state index in [4.69, 9.17) is 9.63 Å². The summed E-state index contributed by atoms with van der Waals surface area (Å²) in [5.74, 6) is -1.22. The van der Waals surface area contributed by atoms with Gasteiger partial charge in [-0.1, -0.05) is 29.4 Å². The first-order valence-corrected chi connectivity index (χ1v) is 6.49. The molecule has 6 heteroatoms. The fourth-order valence-corrected chi connectivity index (χ4v) is 2.14. The van der Waals surface area contributed by atoms with Crippen LogP contribution in [0.25, 0.3) is 22.8 Å². The highest BCUT2D eigenvalue weighted by molar-refractivity contribution is 5.89. The third kappa shape index (κ3) is 2.46. The first kappa shape index (κ1) is 13.9. The molecule has 1 aromatic heterocycles. The molecule has 2 aromatic carbocycles. The van der Waals surface area contributed by atoms with E-state index in [0.29, 0.717) is 11.1 Å². The normalized spacial score (nSPS) is 10.6. The summed E-state index contributed by atoms with van der Waals surface area (Å²) in [6.45, 7) is 1.74. The van der Waals surface area contributed by atoms with Gasteiger partial charge in [0.2, 0.25) is 5.82 Å². The predicted octanol–water partition coefficient (Wildman–Crippen LogP) is 3.55. The largest absolute Gasteiger partial charge is 0.478 e. The molecule has 0 bridgehead atoms. The number of halogens is 1. The van der Waals surface area contributed by atoms with Crippen molar-refractivity contribution in [3.63, 3.8) is 0 Å². The van der Waals surface area contributed by atoms with E-state index in [1.54, 1.807) is 31.2 Å². The maximum atomic E-state index is 13.9. The minimum atomic E-state index is -1.05. The molecule has 0 spiro atoms. The summed E-state index contributed by atoms with van der Waals surface area (Å²) in [5, 5.41) is 12.8. The van der Waals surface area contributed by atoms with Crippen LogP contribution < -0.4 is 0 Å². The van der Waals surface area contributed by atoms with Gasteiger partial charge in [-0.25, -0.2) is 9.18 Å². The first-order valence-electron chi connectivity index (χ1n) is 6.49. The topological polar surface area (TPSA) is 76.2 Å². The highest BCUT2D eigenvalue weighted by Crippen LogP contribution is 2.27. The fourth-order valence-electron chi connectivity index (χ4n) is 2.14. The summed E-state index contributed by atoms with van der Waals surface area (Å²) in [4.78, 5) is 15.1. The Morgan fingerprint density at radius 1 is 1.23 bits per heavy atom. The molecule has 110 valence electrons. The Bertz CT molecular complexity index is 838. The molecule has 0 aliphatic carbocycles. The van der Waals surface area contributed by atoms with E-state index in [0.717, 1.165) is 0 Å². The smallest absolute Gasteiger partial charge is 0.335 e. The Labute approximate surface area is 125 Å². The molecule has 22 heavy (non-hydrogen) atoms. The molecule has 0 unspecified atom stereocenters. The Morgan fingerprint density at radius 3 is 2.73 bits per heavy atom. The summed E-state index contributed by atoms with van der Waals surface area (Å²) in [7, 11) is 0. The van der Waals surface area contributed by atoms with E-state index in [-0.39, 0.29) is 22.8 Å². The Morgan fingerprint density at radius 2 is 2.00 bits per heavy atom. The second-order valence-corrected chi connectivity index (χ2v) is 4.74. The van der Waals surface area contributed by atoms with Gasteiger partial charge in [0.05, 0.1) is 11.1 Å². The van der Waals surface area contributed by atoms with Gasteiger partial charge in [-0.2, -0.15) is 4.98 Å². The summed E-state index contributed by atoms with van der Waals surface area (Å²) in [6.07, 6.45) is 0. The fraction of sp³-hybridized carbons (Fsp3) is 0.0625. The quantitative estimate of drug-likeness (QED) is 0.800. The lowest BCUT2D eigenvalue weighted by atomic mass is 10.1. The van der Waals surface area contributed by atoms with Gasteiger partial charge in [0.1, 0.15) is 5.82 Å². The van der Waals surface area contributed by atoms with Crippen molar-refractivity contribution < 1.29 is 18.8 Å². The van der Waals surface area contributed by atoms with Crippen molar-refractivity contribution in [3.05, 3.63) is 59.4 Å². The molecule has 0 fully saturated rings. The van der Waals surface area contributed by atoms with Crippen LogP contribution in [-0.4, -0.2) is 21.2 Å². The third-order valence-electron chi connectivity index (χ3n) is 3.23. The first-order chi connectivity index (χ1) is 10.6. The molecule has 1 N–H and O–H groups in total. The van der Waals surface area contributed by atoms with Crippen LogP contribution in [0.2, 0.25) is 0 Å². The van der Waals surface area contributed by atoms with E-state index in [1.165, 1.54) is 18.2 Å². The van der Waals surface area contributed by atoms with Crippen LogP contribution in [0.5, 0.6) is 0 Å². The summed E-state index contributed by atoms with van der Waals surface area (Å²) < 4.78 is 19.0. The molecule has 0 radical (unpaired) electrons. The average Bonchev–Trinajstić information content (AvgIpc) is 2.97. The number of nitrogens with zero attached hydrogens (tertiary/aromatic N) is 2. The van der Waals surface area contributed by atoms with Crippen LogP contribution in [0, 0.1) is 12.7 Å². The van der Waals surface area contributed by atoms with Crippen molar-refractivity contribution in [3.8, 4) is 22.8 Å². The number of aromatic nitrogens is 2. The van der Waals surface area contributed by atoms with Gasteiger partial charge in [0, 0.05) is 5.56 Å². The van der Waals surface area contributed by atoms with E-state index in [1.807, 2.05) is 0 Å². The molecule has 0 aliphatic rings. The van der Waals surface area contributed by atoms with Crippen LogP contribution in [-0.2, 0) is 0 Å². The summed E-state index contributed by atoms with van der Waals surface area (Å²) in [5.41, 5.74) is 1.53. The van der Waals surface area contributed by atoms with E-state index < -0.39 is 11.8 Å². The van der Waals surface area contributed by atoms with Gasteiger partial charge < -0.3 is 9.63 Å². The second-order valence-electron chi connectivity index (χ2n) is 4.74. The number of aryl methyl sites for hydroxylation is 1. The highest BCUT2D eigenvalue weighted by Gasteiger charge is 2.17. The number of carboxylic acids is 1. The van der Waals surface area contributed by atoms with Crippen molar-refractivity contribution in [2.75, 3.05) is 0 Å². The zero-order chi connectivity index (χ0) is 15.7. The lowest BCUT2D eigenvalue weighted by molar-refractivity contribution is 0.0697. The maximum absolute atomic E-state index is 13.9. The van der Waals surface area contributed by atoms with Crippen LogP contribution >= 0.6 is 0 Å². The SMILES string of the molecule is Cc1cccc(F)c1-c1nc(-c2cccc(C(=O)O)c2)no1. The molecule has 0 atom stereocenters.